The van der Waals surface area contributed by atoms with Crippen molar-refractivity contribution >= 4 is 13.7 Å². The fourth-order valence-corrected chi connectivity index (χ4v) is 6.06. The molecule has 0 spiro atoms. The number of alkyl halides is 1. The number of ether oxygens (including phenoxy) is 4. The summed E-state index contributed by atoms with van der Waals surface area (Å²) in [4.78, 5) is 38.7. The minimum absolute atomic E-state index is 0.0377. The number of nitrogens with one attached hydrogen (secondary N) is 2. The van der Waals surface area contributed by atoms with Gasteiger partial charge in [0.1, 0.15) is 11.9 Å². The number of benzene rings is 1. The van der Waals surface area contributed by atoms with E-state index in [2.05, 4.69) is 10.1 Å². The average molecular weight is 600 g/mol. The van der Waals surface area contributed by atoms with Crippen molar-refractivity contribution < 1.29 is 41.7 Å². The van der Waals surface area contributed by atoms with Crippen molar-refractivity contribution in [2.75, 3.05) is 19.8 Å². The SMILES string of the molecule is CCCCC(=O)O[C@@H]1[C@@H](COP(=O)(NC(C)C2OCCO2)Oc2ccccc2)O[C@@H](n2ccc(=O)[nH]c2=O)[C@]1(C)F. The van der Waals surface area contributed by atoms with Crippen LogP contribution in [-0.2, 0) is 32.8 Å². The highest BCUT2D eigenvalue weighted by molar-refractivity contribution is 7.52. The first-order valence-electron chi connectivity index (χ1n) is 13.4. The summed E-state index contributed by atoms with van der Waals surface area (Å²) in [6.45, 7) is 4.84. The van der Waals surface area contributed by atoms with Gasteiger partial charge in [0, 0.05) is 18.7 Å². The second-order valence-electron chi connectivity index (χ2n) is 9.93. The lowest BCUT2D eigenvalue weighted by atomic mass is 9.98. The van der Waals surface area contributed by atoms with Gasteiger partial charge in [-0.1, -0.05) is 31.5 Å². The third-order valence-corrected chi connectivity index (χ3v) is 8.24. The van der Waals surface area contributed by atoms with Crippen LogP contribution in [0.25, 0.3) is 0 Å². The van der Waals surface area contributed by atoms with Gasteiger partial charge in [-0.3, -0.25) is 23.7 Å². The lowest BCUT2D eigenvalue weighted by molar-refractivity contribution is -0.158. The topological polar surface area (TPSA) is 156 Å². The molecule has 2 fully saturated rings. The third kappa shape index (κ3) is 7.70. The third-order valence-electron chi connectivity index (χ3n) is 6.57. The van der Waals surface area contributed by atoms with E-state index in [-0.39, 0.29) is 12.2 Å². The number of halogens is 1. The Kier molecular flexibility index (Phi) is 10.2. The predicted octanol–water partition coefficient (Wildman–Crippen LogP) is 2.82. The molecule has 15 heteroatoms. The van der Waals surface area contributed by atoms with E-state index in [1.54, 1.807) is 37.3 Å². The van der Waals surface area contributed by atoms with Crippen molar-refractivity contribution in [1.82, 2.24) is 14.6 Å². The second-order valence-corrected chi connectivity index (χ2v) is 11.6. The molecule has 0 radical (unpaired) electrons. The minimum atomic E-state index is -4.20. The van der Waals surface area contributed by atoms with E-state index >= 15 is 4.39 Å². The summed E-state index contributed by atoms with van der Waals surface area (Å²) >= 11 is 0. The summed E-state index contributed by atoms with van der Waals surface area (Å²) in [5.74, 6) is -0.443. The van der Waals surface area contributed by atoms with E-state index in [1.165, 1.54) is 0 Å². The van der Waals surface area contributed by atoms with Crippen LogP contribution < -0.4 is 20.9 Å². The molecule has 0 aliphatic carbocycles. The summed E-state index contributed by atoms with van der Waals surface area (Å²) in [6.07, 6.45) is -2.84. The van der Waals surface area contributed by atoms with Gasteiger partial charge in [-0.05, 0) is 32.4 Å². The fourth-order valence-electron chi connectivity index (χ4n) is 4.52. The molecule has 3 heterocycles. The molecule has 1 aromatic heterocycles. The maximum Gasteiger partial charge on any atom is 0.459 e. The number of H-pyrrole nitrogens is 1. The zero-order valence-electron chi connectivity index (χ0n) is 23.0. The summed E-state index contributed by atoms with van der Waals surface area (Å²) in [6, 6.07) is 8.66. The van der Waals surface area contributed by atoms with E-state index in [4.69, 9.17) is 28.0 Å². The van der Waals surface area contributed by atoms with Crippen LogP contribution >= 0.6 is 7.75 Å². The molecule has 226 valence electrons. The van der Waals surface area contributed by atoms with Gasteiger partial charge in [0.2, 0.25) is 0 Å². The highest BCUT2D eigenvalue weighted by Crippen LogP contribution is 2.48. The van der Waals surface area contributed by atoms with Gasteiger partial charge in [-0.15, -0.1) is 0 Å². The van der Waals surface area contributed by atoms with Crippen molar-refractivity contribution in [2.45, 2.75) is 76.5 Å². The molecule has 0 saturated carbocycles. The lowest BCUT2D eigenvalue weighted by Crippen LogP contribution is -2.46. The molecule has 41 heavy (non-hydrogen) atoms. The Labute approximate surface area is 235 Å². The van der Waals surface area contributed by atoms with Gasteiger partial charge < -0.3 is 23.5 Å². The molecule has 2 aliphatic heterocycles. The molecular formula is C26H35FN3O10P. The molecule has 4 rings (SSSR count). The number of aromatic amines is 1. The van der Waals surface area contributed by atoms with Gasteiger partial charge in [-0.2, -0.15) is 0 Å². The zero-order chi connectivity index (χ0) is 29.6. The number of unbranched alkanes of at least 4 members (excludes halogenated alkanes) is 1. The summed E-state index contributed by atoms with van der Waals surface area (Å²) < 4.78 is 65.0. The number of esters is 1. The highest BCUT2D eigenvalue weighted by Gasteiger charge is 2.58. The molecule has 2 saturated heterocycles. The Morgan fingerprint density at radius 3 is 2.61 bits per heavy atom. The molecule has 0 amide bonds. The maximum absolute atomic E-state index is 16.4. The van der Waals surface area contributed by atoms with Gasteiger partial charge in [0.05, 0.1) is 25.9 Å². The Bertz CT molecular complexity index is 1330. The van der Waals surface area contributed by atoms with Gasteiger partial charge in [0.15, 0.2) is 24.3 Å². The largest absolute Gasteiger partial charge is 0.459 e. The van der Waals surface area contributed by atoms with Crippen LogP contribution in [0.3, 0.4) is 0 Å². The van der Waals surface area contributed by atoms with Crippen LogP contribution in [0, 0.1) is 0 Å². The highest BCUT2D eigenvalue weighted by atomic mass is 31.2. The van der Waals surface area contributed by atoms with E-state index in [0.717, 1.165) is 23.8 Å². The first kappa shape index (κ1) is 31.1. The van der Waals surface area contributed by atoms with Gasteiger partial charge in [0.25, 0.3) is 5.56 Å². The number of carbonyl (C=O) groups excluding carboxylic acids is 1. The molecule has 2 aromatic rings. The Hall–Kier alpha value is -2.87. The fraction of sp³-hybridized carbons (Fsp3) is 0.577. The van der Waals surface area contributed by atoms with Crippen LogP contribution in [0.15, 0.2) is 52.2 Å². The van der Waals surface area contributed by atoms with Gasteiger partial charge in [-0.25, -0.2) is 18.8 Å². The second kappa shape index (κ2) is 13.4. The van der Waals surface area contributed by atoms with Crippen molar-refractivity contribution in [1.29, 1.82) is 0 Å². The van der Waals surface area contributed by atoms with Crippen LogP contribution in [0.1, 0.15) is 46.3 Å². The number of aromatic nitrogens is 2. The number of hydrogen-bond donors (Lipinski definition) is 2. The molecule has 13 nitrogen and oxygen atoms in total. The van der Waals surface area contributed by atoms with Crippen LogP contribution in [-0.4, -0.2) is 65.5 Å². The van der Waals surface area contributed by atoms with E-state index in [1.807, 2.05) is 6.92 Å². The smallest absolute Gasteiger partial charge is 0.456 e. The van der Waals surface area contributed by atoms with Gasteiger partial charge >= 0.3 is 19.4 Å². The standard InChI is InChI=1S/C26H35FN3O10P/c1-4-5-11-21(32)39-22-19(38-24(26(22,3)27)30-13-12-20(31)28-25(30)33)16-37-41(34,40-18-9-7-6-8-10-18)29-17(2)23-35-14-15-36-23/h6-10,12-13,17,19,22-24H,4-5,11,14-16H2,1-3H3,(H,29,34)(H,28,31,33)/t17?,19-,22-,24-,26-,41?/m1/s1. The zero-order valence-corrected chi connectivity index (χ0v) is 23.9. The van der Waals surface area contributed by atoms with E-state index < -0.39 is 68.0 Å². The number of hydrogen-bond acceptors (Lipinski definition) is 10. The van der Waals surface area contributed by atoms with Crippen molar-refractivity contribution in [2.24, 2.45) is 0 Å². The van der Waals surface area contributed by atoms with Crippen LogP contribution in [0.5, 0.6) is 5.75 Å². The Morgan fingerprint density at radius 2 is 1.95 bits per heavy atom. The number of carbonyl (C=O) groups is 1. The number of para-hydroxylation sites is 1. The number of rotatable bonds is 13. The molecule has 2 unspecified atom stereocenters. The normalized spacial score (nSPS) is 26.9. The molecular weight excluding hydrogens is 564 g/mol. The molecule has 1 aromatic carbocycles. The summed E-state index contributed by atoms with van der Waals surface area (Å²) in [7, 11) is -4.20. The first-order chi connectivity index (χ1) is 19.5. The first-order valence-corrected chi connectivity index (χ1v) is 14.9. The van der Waals surface area contributed by atoms with Crippen molar-refractivity contribution in [3.63, 3.8) is 0 Å². The minimum Gasteiger partial charge on any atom is -0.456 e. The summed E-state index contributed by atoms with van der Waals surface area (Å²) in [5.41, 5.74) is -4.05. The van der Waals surface area contributed by atoms with Crippen LogP contribution in [0.4, 0.5) is 4.39 Å². The monoisotopic (exact) mass is 599 g/mol. The summed E-state index contributed by atoms with van der Waals surface area (Å²) in [5, 5.41) is 2.78. The average Bonchev–Trinajstić information content (AvgIpc) is 3.55. The van der Waals surface area contributed by atoms with E-state index in [9.17, 15) is 18.9 Å². The molecule has 0 bridgehead atoms. The molecule has 6 atom stereocenters. The number of nitrogens with zero attached hydrogens (tertiary/aromatic N) is 1. The van der Waals surface area contributed by atoms with Crippen molar-refractivity contribution in [3.05, 3.63) is 63.4 Å². The van der Waals surface area contributed by atoms with E-state index in [0.29, 0.717) is 26.1 Å². The molecule has 2 aliphatic rings. The quantitative estimate of drug-likeness (QED) is 0.258. The maximum atomic E-state index is 16.4. The lowest BCUT2D eigenvalue weighted by Gasteiger charge is -2.29. The van der Waals surface area contributed by atoms with Crippen molar-refractivity contribution in [3.8, 4) is 5.75 Å². The predicted molar refractivity (Wildman–Crippen MR) is 143 cm³/mol. The van der Waals surface area contributed by atoms with Crippen LogP contribution in [0.2, 0.25) is 0 Å². The Balaban J connectivity index is 1.59. The Morgan fingerprint density at radius 1 is 1.24 bits per heavy atom. The molecule has 2 N–H and O–H groups in total.